The van der Waals surface area contributed by atoms with E-state index in [2.05, 4.69) is 4.31 Å². The molecule has 0 aliphatic heterocycles. The van der Waals surface area contributed by atoms with Gasteiger partial charge >= 0.3 is 15.6 Å². The topological polar surface area (TPSA) is 194 Å². The Kier molecular flexibility index (Phi) is 12.2. The van der Waals surface area contributed by atoms with Crippen LogP contribution in [-0.2, 0) is 18.2 Å². The van der Waals surface area contributed by atoms with Gasteiger partial charge in [0, 0.05) is 0 Å². The van der Waals surface area contributed by atoms with Gasteiger partial charge in [0.05, 0.1) is 37.4 Å². The Balaban J connectivity index is 0.000000424. The Morgan fingerprint density at radius 3 is 1.47 bits per heavy atom. The zero-order valence-corrected chi connectivity index (χ0v) is 18.9. The SMILES string of the molecule is O=P(O)(O)OP(=O)(O)O.OCC(CO)(CO)C(OC1CCCCC1)C1CCCCC1. The minimum atomic E-state index is -5.05. The number of ether oxygens (including phenoxy) is 1. The molecule has 0 bridgehead atoms. The highest BCUT2D eigenvalue weighted by Crippen LogP contribution is 2.53. The van der Waals surface area contributed by atoms with Crippen LogP contribution in [0.3, 0.4) is 0 Å². The van der Waals surface area contributed by atoms with Crippen molar-refractivity contribution in [3.05, 3.63) is 0 Å². The fraction of sp³-hybridized carbons (Fsp3) is 1.00. The summed E-state index contributed by atoms with van der Waals surface area (Å²) in [6, 6.07) is 0. The molecule has 2 aliphatic rings. The van der Waals surface area contributed by atoms with Gasteiger partial charge < -0.3 is 39.6 Å². The van der Waals surface area contributed by atoms with Crippen LogP contribution < -0.4 is 0 Å². The minimum absolute atomic E-state index is 0.214. The van der Waals surface area contributed by atoms with Crippen LogP contribution in [0.1, 0.15) is 64.2 Å². The summed E-state index contributed by atoms with van der Waals surface area (Å²) < 4.78 is 28.6. The molecule has 2 rings (SSSR count). The smallest absolute Gasteiger partial charge is 0.396 e. The van der Waals surface area contributed by atoms with Crippen molar-refractivity contribution in [2.45, 2.75) is 76.4 Å². The summed E-state index contributed by atoms with van der Waals surface area (Å²) in [5, 5.41) is 29.4. The van der Waals surface area contributed by atoms with Gasteiger partial charge in [-0.25, -0.2) is 9.13 Å². The van der Waals surface area contributed by atoms with Crippen molar-refractivity contribution in [1.29, 1.82) is 0 Å². The molecule has 2 fully saturated rings. The molecule has 0 amide bonds. The van der Waals surface area contributed by atoms with Gasteiger partial charge in [-0.15, -0.1) is 0 Å². The third-order valence-corrected chi connectivity index (χ3v) is 7.43. The lowest BCUT2D eigenvalue weighted by Crippen LogP contribution is -2.52. The van der Waals surface area contributed by atoms with Crippen molar-refractivity contribution in [3.8, 4) is 0 Å². The molecule has 13 heteroatoms. The van der Waals surface area contributed by atoms with Gasteiger partial charge in [-0.2, -0.15) is 4.31 Å². The van der Waals surface area contributed by atoms with Crippen molar-refractivity contribution in [2.24, 2.45) is 11.3 Å². The van der Waals surface area contributed by atoms with E-state index in [4.69, 9.17) is 24.3 Å². The van der Waals surface area contributed by atoms with Gasteiger partial charge in [0.2, 0.25) is 0 Å². The number of rotatable bonds is 9. The first-order valence-electron chi connectivity index (χ1n) is 10.3. The fourth-order valence-electron chi connectivity index (χ4n) is 4.16. The van der Waals surface area contributed by atoms with Crippen molar-refractivity contribution >= 4 is 15.6 Å². The van der Waals surface area contributed by atoms with Gasteiger partial charge in [0.1, 0.15) is 0 Å². The average Bonchev–Trinajstić information content (AvgIpc) is 2.68. The van der Waals surface area contributed by atoms with E-state index in [0.29, 0.717) is 5.92 Å². The first-order valence-corrected chi connectivity index (χ1v) is 13.3. The van der Waals surface area contributed by atoms with Crippen LogP contribution in [0.5, 0.6) is 0 Å². The summed E-state index contributed by atoms with van der Waals surface area (Å²) in [7, 11) is -10.1. The molecule has 0 aromatic rings. The number of aliphatic hydroxyl groups is 3. The van der Waals surface area contributed by atoms with E-state index in [1.807, 2.05) is 0 Å². The normalized spacial score (nSPS) is 21.0. The van der Waals surface area contributed by atoms with Gasteiger partial charge in [-0.3, -0.25) is 0 Å². The second-order valence-electron chi connectivity index (χ2n) is 8.11. The largest absolute Gasteiger partial charge is 0.478 e. The molecule has 11 nitrogen and oxygen atoms in total. The Bertz CT molecular complexity index is 532. The van der Waals surface area contributed by atoms with E-state index < -0.39 is 21.1 Å². The highest BCUT2D eigenvalue weighted by molar-refractivity contribution is 7.60. The molecule has 0 saturated heterocycles. The first-order chi connectivity index (χ1) is 14.0. The molecule has 180 valence electrons. The standard InChI is InChI=1S/C17H32O4.H4O7P2/c18-11-17(12-19,13-20)16(14-7-3-1-4-8-14)21-15-9-5-2-6-10-15;1-8(2,3)7-9(4,5)6/h14-16,18-20H,1-13H2;(H2,1,2,3)(H2,4,5,6). The molecule has 30 heavy (non-hydrogen) atoms. The summed E-state index contributed by atoms with van der Waals surface area (Å²) in [5.74, 6) is 0.354. The van der Waals surface area contributed by atoms with Crippen LogP contribution in [0.25, 0.3) is 0 Å². The molecule has 1 atom stereocenters. The van der Waals surface area contributed by atoms with Crippen LogP contribution in [0.15, 0.2) is 0 Å². The van der Waals surface area contributed by atoms with Crippen LogP contribution in [-0.4, -0.2) is 66.9 Å². The molecule has 2 saturated carbocycles. The molecular weight excluding hydrogens is 442 g/mol. The molecule has 2 aliphatic carbocycles. The van der Waals surface area contributed by atoms with E-state index in [1.54, 1.807) is 0 Å². The summed E-state index contributed by atoms with van der Waals surface area (Å²) in [6.07, 6.45) is 11.6. The molecule has 7 N–H and O–H groups in total. The number of aliphatic hydroxyl groups excluding tert-OH is 3. The fourth-order valence-corrected chi connectivity index (χ4v) is 5.27. The van der Waals surface area contributed by atoms with Crippen LogP contribution in [0.2, 0.25) is 0 Å². The molecule has 0 heterocycles. The Morgan fingerprint density at radius 2 is 1.13 bits per heavy atom. The maximum atomic E-state index is 9.81. The maximum absolute atomic E-state index is 9.81. The Labute approximate surface area is 176 Å². The quantitative estimate of drug-likeness (QED) is 0.237. The second-order valence-corrected chi connectivity index (χ2v) is 10.7. The van der Waals surface area contributed by atoms with Gasteiger partial charge in [-0.05, 0) is 31.6 Å². The summed E-state index contributed by atoms with van der Waals surface area (Å²) in [4.78, 5) is 31.0. The van der Waals surface area contributed by atoms with E-state index in [-0.39, 0.29) is 32.0 Å². The third-order valence-electron chi connectivity index (χ3n) is 5.73. The Morgan fingerprint density at radius 1 is 0.733 bits per heavy atom. The minimum Gasteiger partial charge on any atom is -0.396 e. The van der Waals surface area contributed by atoms with Crippen LogP contribution >= 0.6 is 15.6 Å². The van der Waals surface area contributed by atoms with Crippen LogP contribution in [0.4, 0.5) is 0 Å². The summed E-state index contributed by atoms with van der Waals surface area (Å²) in [6.45, 7) is -0.643. The lowest BCUT2D eigenvalue weighted by molar-refractivity contribution is -0.168. The van der Waals surface area contributed by atoms with Crippen molar-refractivity contribution in [3.63, 3.8) is 0 Å². The van der Waals surface area contributed by atoms with Crippen LogP contribution in [0, 0.1) is 11.3 Å². The highest BCUT2D eigenvalue weighted by Gasteiger charge is 2.44. The Hall–Kier alpha value is 0.1000. The van der Waals surface area contributed by atoms with Crippen molar-refractivity contribution in [2.75, 3.05) is 19.8 Å². The van der Waals surface area contributed by atoms with Gasteiger partial charge in [0.15, 0.2) is 0 Å². The molecule has 0 radical (unpaired) electrons. The van der Waals surface area contributed by atoms with Crippen molar-refractivity contribution in [1.82, 2.24) is 0 Å². The van der Waals surface area contributed by atoms with Gasteiger partial charge in [-0.1, -0.05) is 38.5 Å². The second kappa shape index (κ2) is 13.0. The zero-order valence-electron chi connectivity index (χ0n) is 17.1. The average molecular weight is 478 g/mol. The highest BCUT2D eigenvalue weighted by atomic mass is 31.3. The lowest BCUT2D eigenvalue weighted by atomic mass is 9.72. The van der Waals surface area contributed by atoms with Gasteiger partial charge in [0.25, 0.3) is 0 Å². The third kappa shape index (κ3) is 10.1. The lowest BCUT2D eigenvalue weighted by Gasteiger charge is -2.44. The van der Waals surface area contributed by atoms with E-state index in [0.717, 1.165) is 25.7 Å². The van der Waals surface area contributed by atoms with Crippen molar-refractivity contribution < 1.29 is 53.1 Å². The predicted octanol–water partition coefficient (Wildman–Crippen LogP) is 1.44. The zero-order chi connectivity index (χ0) is 22.8. The van der Waals surface area contributed by atoms with E-state index in [9.17, 15) is 24.4 Å². The predicted molar refractivity (Wildman–Crippen MR) is 107 cm³/mol. The maximum Gasteiger partial charge on any atom is 0.478 e. The molecule has 0 aromatic heterocycles. The number of hydrogen-bond acceptors (Lipinski definition) is 7. The summed E-state index contributed by atoms with van der Waals surface area (Å²) >= 11 is 0. The van der Waals surface area contributed by atoms with E-state index in [1.165, 1.54) is 38.5 Å². The monoisotopic (exact) mass is 478 g/mol. The molecule has 0 aromatic carbocycles. The molecular formula is C17H36O11P2. The number of hydrogen-bond donors (Lipinski definition) is 7. The first kappa shape index (κ1) is 28.1. The van der Waals surface area contributed by atoms with E-state index >= 15 is 0 Å². The molecule has 1 unspecified atom stereocenters. The summed E-state index contributed by atoms with van der Waals surface area (Å²) in [5.41, 5.74) is -0.903. The number of phosphoric acid groups is 2. The molecule has 0 spiro atoms.